The average molecular weight is 692 g/mol. The summed E-state index contributed by atoms with van der Waals surface area (Å²) < 4.78 is 7.73. The van der Waals surface area contributed by atoms with E-state index in [0.717, 1.165) is 21.2 Å². The molecule has 1 heterocycles. The number of carboxylic acids is 1. The molecule has 0 radical (unpaired) electrons. The topological polar surface area (TPSA) is 105 Å². The number of halogens is 1. The first-order valence-electron chi connectivity index (χ1n) is 14.4. The molecule has 9 heteroatoms. The first kappa shape index (κ1) is 30.8. The van der Waals surface area contributed by atoms with Crippen molar-refractivity contribution in [2.45, 2.75) is 12.5 Å². The molecule has 0 saturated carbocycles. The summed E-state index contributed by atoms with van der Waals surface area (Å²) in [6.07, 6.45) is -0.337. The van der Waals surface area contributed by atoms with E-state index in [1.807, 2.05) is 97.1 Å². The lowest BCUT2D eigenvalue weighted by Gasteiger charge is -2.20. The number of rotatable bonds is 10. The van der Waals surface area contributed by atoms with E-state index in [0.29, 0.717) is 32.1 Å². The molecule has 46 heavy (non-hydrogen) atoms. The number of para-hydroxylation sites is 2. The molecule has 2 amide bonds. The second kappa shape index (κ2) is 13.8. The van der Waals surface area contributed by atoms with Gasteiger partial charge in [0.05, 0.1) is 28.6 Å². The lowest BCUT2D eigenvalue weighted by molar-refractivity contribution is -0.137. The molecule has 0 spiro atoms. The van der Waals surface area contributed by atoms with Crippen molar-refractivity contribution in [1.29, 1.82) is 0 Å². The normalized spacial score (nSPS) is 11.5. The monoisotopic (exact) mass is 690 g/mol. The van der Waals surface area contributed by atoms with Gasteiger partial charge in [0.1, 0.15) is 11.5 Å². The fraction of sp³-hybridized carbons (Fsp3) is 0.0541. The van der Waals surface area contributed by atoms with Gasteiger partial charge in [-0.15, -0.1) is 11.3 Å². The van der Waals surface area contributed by atoms with Crippen LogP contribution in [0, 0.1) is 0 Å². The van der Waals surface area contributed by atoms with Crippen LogP contribution in [-0.4, -0.2) is 22.9 Å². The van der Waals surface area contributed by atoms with Gasteiger partial charge < -0.3 is 20.5 Å². The SMILES string of the molecule is O=C(O)CC(NC(=O)c1cc(Br)ccc1NC(=O)c1cc2ccccc2s1)c1ccc(-c2ccccc2Oc2ccccc2)cc1. The lowest BCUT2D eigenvalue weighted by atomic mass is 9.98. The highest BCUT2D eigenvalue weighted by Crippen LogP contribution is 2.34. The summed E-state index contributed by atoms with van der Waals surface area (Å²) in [4.78, 5) is 39.2. The van der Waals surface area contributed by atoms with E-state index in [1.54, 1.807) is 30.3 Å². The third-order valence-corrected chi connectivity index (χ3v) is 8.90. The minimum atomic E-state index is -1.07. The molecule has 0 aliphatic rings. The summed E-state index contributed by atoms with van der Waals surface area (Å²) in [6, 6.07) is 38.1. The summed E-state index contributed by atoms with van der Waals surface area (Å²) in [5, 5.41) is 16.4. The van der Waals surface area contributed by atoms with Crippen molar-refractivity contribution in [2.75, 3.05) is 5.32 Å². The van der Waals surface area contributed by atoms with Crippen LogP contribution in [0.4, 0.5) is 5.69 Å². The smallest absolute Gasteiger partial charge is 0.305 e. The Kier molecular flexibility index (Phi) is 9.23. The summed E-state index contributed by atoms with van der Waals surface area (Å²) in [5.41, 5.74) is 2.86. The number of amides is 2. The van der Waals surface area contributed by atoms with Crippen molar-refractivity contribution in [3.63, 3.8) is 0 Å². The lowest BCUT2D eigenvalue weighted by Crippen LogP contribution is -2.31. The van der Waals surface area contributed by atoms with Gasteiger partial charge in [-0.05, 0) is 65.0 Å². The molecule has 0 aliphatic carbocycles. The molecule has 0 fully saturated rings. The summed E-state index contributed by atoms with van der Waals surface area (Å²) >= 11 is 4.77. The maximum Gasteiger partial charge on any atom is 0.305 e. The molecule has 0 saturated heterocycles. The predicted molar refractivity (Wildman–Crippen MR) is 185 cm³/mol. The van der Waals surface area contributed by atoms with Gasteiger partial charge in [-0.3, -0.25) is 14.4 Å². The number of hydrogen-bond acceptors (Lipinski definition) is 5. The molecule has 6 rings (SSSR count). The minimum Gasteiger partial charge on any atom is -0.481 e. The standard InChI is InChI=1S/C37H27BrN2O5S/c38-26-18-19-30(39-37(44)34-20-25-8-4-7-13-33(25)46-34)29(21-26)36(43)40-31(22-35(41)42)24-16-14-23(15-17-24)28-11-5-6-12-32(28)45-27-9-2-1-3-10-27/h1-21,31H,22H2,(H,39,44)(H,40,43)(H,41,42). The Labute approximate surface area is 277 Å². The van der Waals surface area contributed by atoms with Crippen LogP contribution < -0.4 is 15.4 Å². The molecule has 1 unspecified atom stereocenters. The quantitative estimate of drug-likeness (QED) is 0.133. The number of benzene rings is 5. The molecule has 1 aromatic heterocycles. The summed E-state index contributed by atoms with van der Waals surface area (Å²) in [5.74, 6) is -0.542. The molecule has 0 bridgehead atoms. The number of anilines is 1. The maximum absolute atomic E-state index is 13.7. The Morgan fingerprint density at radius 2 is 1.50 bits per heavy atom. The average Bonchev–Trinajstić information content (AvgIpc) is 3.51. The van der Waals surface area contributed by atoms with Crippen LogP contribution in [0.25, 0.3) is 21.2 Å². The molecule has 7 nitrogen and oxygen atoms in total. The molecular formula is C37H27BrN2O5S. The van der Waals surface area contributed by atoms with Crippen LogP contribution in [0.1, 0.15) is 38.1 Å². The van der Waals surface area contributed by atoms with Crippen molar-refractivity contribution < 1.29 is 24.2 Å². The van der Waals surface area contributed by atoms with E-state index < -0.39 is 17.9 Å². The molecule has 3 N–H and O–H groups in total. The second-order valence-electron chi connectivity index (χ2n) is 10.4. The maximum atomic E-state index is 13.7. The Morgan fingerprint density at radius 3 is 2.26 bits per heavy atom. The van der Waals surface area contributed by atoms with Crippen LogP contribution in [0.5, 0.6) is 11.5 Å². The molecular weight excluding hydrogens is 664 g/mol. The van der Waals surface area contributed by atoms with Gasteiger partial charge in [0, 0.05) is 14.7 Å². The van der Waals surface area contributed by atoms with Crippen molar-refractivity contribution >= 4 is 60.8 Å². The molecule has 6 aromatic rings. The molecule has 228 valence electrons. The van der Waals surface area contributed by atoms with Crippen molar-refractivity contribution in [2.24, 2.45) is 0 Å². The number of ether oxygens (including phenoxy) is 1. The van der Waals surface area contributed by atoms with E-state index in [9.17, 15) is 19.5 Å². The zero-order valence-electron chi connectivity index (χ0n) is 24.3. The van der Waals surface area contributed by atoms with Gasteiger partial charge in [0.2, 0.25) is 0 Å². The summed E-state index contributed by atoms with van der Waals surface area (Å²) in [7, 11) is 0. The zero-order valence-corrected chi connectivity index (χ0v) is 26.7. The van der Waals surface area contributed by atoms with Crippen molar-refractivity contribution in [3.05, 3.63) is 148 Å². The van der Waals surface area contributed by atoms with E-state index in [2.05, 4.69) is 26.6 Å². The predicted octanol–water partition coefficient (Wildman–Crippen LogP) is 9.32. The van der Waals surface area contributed by atoms with E-state index in [1.165, 1.54) is 11.3 Å². The van der Waals surface area contributed by atoms with Crippen molar-refractivity contribution in [1.82, 2.24) is 5.32 Å². The van der Waals surface area contributed by atoms with E-state index in [4.69, 9.17) is 4.74 Å². The Hall–Kier alpha value is -5.25. The third kappa shape index (κ3) is 7.17. The number of aliphatic carboxylic acids is 1. The molecule has 5 aromatic carbocycles. The fourth-order valence-electron chi connectivity index (χ4n) is 5.06. The number of carbonyl (C=O) groups is 3. The largest absolute Gasteiger partial charge is 0.481 e. The van der Waals surface area contributed by atoms with Crippen LogP contribution >= 0.6 is 27.3 Å². The van der Waals surface area contributed by atoms with Gasteiger partial charge in [0.25, 0.3) is 11.8 Å². The number of hydrogen-bond donors (Lipinski definition) is 3. The van der Waals surface area contributed by atoms with Gasteiger partial charge >= 0.3 is 5.97 Å². The van der Waals surface area contributed by atoms with Crippen LogP contribution in [0.2, 0.25) is 0 Å². The van der Waals surface area contributed by atoms with Crippen LogP contribution in [0.3, 0.4) is 0 Å². The number of thiophene rings is 1. The van der Waals surface area contributed by atoms with Crippen molar-refractivity contribution in [3.8, 4) is 22.6 Å². The number of carbonyl (C=O) groups excluding carboxylic acids is 2. The molecule has 0 aliphatic heterocycles. The fourth-order valence-corrected chi connectivity index (χ4v) is 6.38. The van der Waals surface area contributed by atoms with Crippen LogP contribution in [0.15, 0.2) is 132 Å². The van der Waals surface area contributed by atoms with Crippen LogP contribution in [-0.2, 0) is 4.79 Å². The Balaban J connectivity index is 1.23. The minimum absolute atomic E-state index is 0.197. The van der Waals surface area contributed by atoms with Gasteiger partial charge in [0.15, 0.2) is 0 Å². The second-order valence-corrected chi connectivity index (χ2v) is 12.4. The zero-order chi connectivity index (χ0) is 32.0. The Bertz CT molecular complexity index is 2010. The first-order chi connectivity index (χ1) is 22.3. The van der Waals surface area contributed by atoms with E-state index in [-0.39, 0.29) is 17.9 Å². The Morgan fingerprint density at radius 1 is 0.783 bits per heavy atom. The first-order valence-corrected chi connectivity index (χ1v) is 16.0. The highest BCUT2D eigenvalue weighted by atomic mass is 79.9. The number of fused-ring (bicyclic) bond motifs is 1. The highest BCUT2D eigenvalue weighted by molar-refractivity contribution is 9.10. The third-order valence-electron chi connectivity index (χ3n) is 7.29. The van der Waals surface area contributed by atoms with Gasteiger partial charge in [-0.25, -0.2) is 0 Å². The number of nitrogens with one attached hydrogen (secondary N) is 2. The van der Waals surface area contributed by atoms with E-state index >= 15 is 0 Å². The number of carboxylic acid groups (broad SMARTS) is 1. The highest BCUT2D eigenvalue weighted by Gasteiger charge is 2.23. The molecule has 1 atom stereocenters. The van der Waals surface area contributed by atoms with Gasteiger partial charge in [-0.2, -0.15) is 0 Å². The summed E-state index contributed by atoms with van der Waals surface area (Å²) in [6.45, 7) is 0. The van der Waals surface area contributed by atoms with Gasteiger partial charge in [-0.1, -0.05) is 94.8 Å².